The minimum absolute atomic E-state index is 0.597. The van der Waals surface area contributed by atoms with Gasteiger partial charge in [-0.1, -0.05) is 188 Å². The predicted octanol–water partition coefficient (Wildman–Crippen LogP) is 15.8. The van der Waals surface area contributed by atoms with E-state index in [1.807, 2.05) is 0 Å². The number of oxazole rings is 1. The Morgan fingerprint density at radius 1 is 0.271 bits per heavy atom. The Balaban J connectivity index is 1.03. The third kappa shape index (κ3) is 6.28. The van der Waals surface area contributed by atoms with Gasteiger partial charge in [0, 0.05) is 5.56 Å². The van der Waals surface area contributed by atoms with E-state index in [1.54, 1.807) is 0 Å². The molecule has 0 bridgehead atoms. The average Bonchev–Trinajstić information content (AvgIpc) is 3.75. The van der Waals surface area contributed by atoms with Crippen molar-refractivity contribution in [2.75, 3.05) is 0 Å². The molecule has 0 aliphatic carbocycles. The van der Waals surface area contributed by atoms with E-state index < -0.39 is 0 Å². The fourth-order valence-corrected chi connectivity index (χ4v) is 8.70. The summed E-state index contributed by atoms with van der Waals surface area (Å²) in [6, 6.07) is 80.0. The van der Waals surface area contributed by atoms with Gasteiger partial charge in [-0.05, 0) is 125 Å². The van der Waals surface area contributed by atoms with Crippen LogP contribution in [0.15, 0.2) is 229 Å². The van der Waals surface area contributed by atoms with Crippen LogP contribution in [0.1, 0.15) is 0 Å². The van der Waals surface area contributed by atoms with Gasteiger partial charge in [0.2, 0.25) is 5.89 Å². The molecule has 1 aromatic heterocycles. The van der Waals surface area contributed by atoms with Gasteiger partial charge in [-0.15, -0.1) is 0 Å². The molecule has 10 aromatic carbocycles. The minimum Gasteiger partial charge on any atom is -0.436 e. The SMILES string of the molecule is c1ccc(-c2cccc(-c3cc4nc(-c5ccc(-c6c7ccccc7c(-c7ccccc7)c7ccccc67)cc5)oc4cc3-c3cccc(-c4ccccc4)c3)c2)cc1. The molecule has 2 nitrogen and oxygen atoms in total. The zero-order valence-electron chi connectivity index (χ0n) is 32.2. The molecule has 1 heterocycles. The second-order valence-electron chi connectivity index (χ2n) is 15.1. The Kier molecular flexibility index (Phi) is 8.52. The first-order chi connectivity index (χ1) is 29.2. The highest BCUT2D eigenvalue weighted by atomic mass is 16.3. The highest BCUT2D eigenvalue weighted by Gasteiger charge is 2.19. The lowest BCUT2D eigenvalue weighted by Crippen LogP contribution is -1.90. The molecule has 0 atom stereocenters. The molecule has 0 amide bonds. The fourth-order valence-electron chi connectivity index (χ4n) is 8.70. The van der Waals surface area contributed by atoms with Crippen molar-refractivity contribution in [2.45, 2.75) is 0 Å². The molecule has 0 radical (unpaired) electrons. The Labute approximate surface area is 343 Å². The van der Waals surface area contributed by atoms with E-state index >= 15 is 0 Å². The molecule has 0 fully saturated rings. The van der Waals surface area contributed by atoms with E-state index in [0.717, 1.165) is 44.5 Å². The second-order valence-corrected chi connectivity index (χ2v) is 15.1. The molecule has 59 heavy (non-hydrogen) atoms. The molecule has 0 aliphatic rings. The lowest BCUT2D eigenvalue weighted by atomic mass is 9.86. The summed E-state index contributed by atoms with van der Waals surface area (Å²) in [6.07, 6.45) is 0. The summed E-state index contributed by atoms with van der Waals surface area (Å²) in [5, 5.41) is 4.94. The number of hydrogen-bond acceptors (Lipinski definition) is 2. The summed E-state index contributed by atoms with van der Waals surface area (Å²) in [5.74, 6) is 0.597. The minimum atomic E-state index is 0.597. The van der Waals surface area contributed by atoms with Crippen molar-refractivity contribution < 1.29 is 4.42 Å². The molecule has 0 aliphatic heterocycles. The molecule has 2 heteroatoms. The van der Waals surface area contributed by atoms with Gasteiger partial charge in [0.05, 0.1) is 0 Å². The standard InChI is InChI=1S/C57H37NO/c1-4-16-38(17-5-1)43-22-14-24-45(34-43)51-36-53-54(37-52(51)46-25-15-23-44(35-46)39-18-6-2-7-19-39)59-57(58-53)42-32-30-41(31-33-42)56-49-28-12-10-26-47(49)55(40-20-8-3-9-21-40)48-27-11-13-29-50(48)56/h1-37H. The van der Waals surface area contributed by atoms with Crippen LogP contribution in [0, 0.1) is 0 Å². The highest BCUT2D eigenvalue weighted by Crippen LogP contribution is 2.44. The number of rotatable bonds is 7. The molecule has 0 N–H and O–H groups in total. The maximum absolute atomic E-state index is 6.65. The van der Waals surface area contributed by atoms with Crippen molar-refractivity contribution in [3.63, 3.8) is 0 Å². The van der Waals surface area contributed by atoms with Gasteiger partial charge in [0.1, 0.15) is 5.52 Å². The first-order valence-electron chi connectivity index (χ1n) is 20.1. The molecule has 11 aromatic rings. The monoisotopic (exact) mass is 751 g/mol. The van der Waals surface area contributed by atoms with E-state index in [1.165, 1.54) is 60.5 Å². The fraction of sp³-hybridized carbons (Fsp3) is 0. The summed E-state index contributed by atoms with van der Waals surface area (Å²) >= 11 is 0. The van der Waals surface area contributed by atoms with Crippen molar-refractivity contribution in [2.24, 2.45) is 0 Å². The third-order valence-electron chi connectivity index (χ3n) is 11.5. The lowest BCUT2D eigenvalue weighted by Gasteiger charge is -2.17. The van der Waals surface area contributed by atoms with Gasteiger partial charge >= 0.3 is 0 Å². The zero-order chi connectivity index (χ0) is 39.1. The van der Waals surface area contributed by atoms with Crippen molar-refractivity contribution in [3.05, 3.63) is 224 Å². The van der Waals surface area contributed by atoms with Gasteiger partial charge in [-0.3, -0.25) is 0 Å². The van der Waals surface area contributed by atoms with Gasteiger partial charge < -0.3 is 4.42 Å². The number of hydrogen-bond donors (Lipinski definition) is 0. The molecule has 0 saturated heterocycles. The van der Waals surface area contributed by atoms with E-state index in [2.05, 4.69) is 224 Å². The molecule has 0 saturated carbocycles. The van der Waals surface area contributed by atoms with E-state index in [0.29, 0.717) is 5.89 Å². The molecular formula is C57H37NO. The van der Waals surface area contributed by atoms with Gasteiger partial charge in [-0.25, -0.2) is 4.98 Å². The van der Waals surface area contributed by atoms with E-state index in [-0.39, 0.29) is 0 Å². The van der Waals surface area contributed by atoms with Crippen LogP contribution in [-0.2, 0) is 0 Å². The summed E-state index contributed by atoms with van der Waals surface area (Å²) in [7, 11) is 0. The van der Waals surface area contributed by atoms with E-state index in [9.17, 15) is 0 Å². The van der Waals surface area contributed by atoms with Crippen LogP contribution in [-0.4, -0.2) is 4.98 Å². The van der Waals surface area contributed by atoms with Crippen LogP contribution < -0.4 is 0 Å². The van der Waals surface area contributed by atoms with Crippen LogP contribution in [0.25, 0.3) is 111 Å². The predicted molar refractivity (Wildman–Crippen MR) is 247 cm³/mol. The molecule has 11 rings (SSSR count). The van der Waals surface area contributed by atoms with Gasteiger partial charge in [-0.2, -0.15) is 0 Å². The van der Waals surface area contributed by atoms with Gasteiger partial charge in [0.15, 0.2) is 5.58 Å². The van der Waals surface area contributed by atoms with Crippen LogP contribution in [0.3, 0.4) is 0 Å². The van der Waals surface area contributed by atoms with Crippen molar-refractivity contribution in [1.29, 1.82) is 0 Å². The summed E-state index contributed by atoms with van der Waals surface area (Å²) < 4.78 is 6.65. The van der Waals surface area contributed by atoms with Crippen molar-refractivity contribution >= 4 is 32.6 Å². The number of aromatic nitrogens is 1. The topological polar surface area (TPSA) is 26.0 Å². The highest BCUT2D eigenvalue weighted by molar-refractivity contribution is 6.21. The summed E-state index contributed by atoms with van der Waals surface area (Å²) in [6.45, 7) is 0. The zero-order valence-corrected chi connectivity index (χ0v) is 32.2. The number of fused-ring (bicyclic) bond motifs is 3. The molecule has 0 unspecified atom stereocenters. The lowest BCUT2D eigenvalue weighted by molar-refractivity contribution is 0.620. The molecule has 0 spiro atoms. The van der Waals surface area contributed by atoms with Crippen molar-refractivity contribution in [1.82, 2.24) is 4.98 Å². The summed E-state index contributed by atoms with van der Waals surface area (Å²) in [4.78, 5) is 5.13. The normalized spacial score (nSPS) is 11.4. The smallest absolute Gasteiger partial charge is 0.227 e. The maximum Gasteiger partial charge on any atom is 0.227 e. The number of benzene rings is 10. The van der Waals surface area contributed by atoms with Crippen LogP contribution in [0.4, 0.5) is 0 Å². The van der Waals surface area contributed by atoms with Crippen LogP contribution in [0.5, 0.6) is 0 Å². The third-order valence-corrected chi connectivity index (χ3v) is 11.5. The van der Waals surface area contributed by atoms with Crippen molar-refractivity contribution in [3.8, 4) is 78.2 Å². The van der Waals surface area contributed by atoms with Crippen LogP contribution >= 0.6 is 0 Å². The van der Waals surface area contributed by atoms with E-state index in [4.69, 9.17) is 9.40 Å². The quantitative estimate of drug-likeness (QED) is 0.152. The molecule has 276 valence electrons. The first-order valence-corrected chi connectivity index (χ1v) is 20.1. The Hall–Kier alpha value is -7.81. The molecular weight excluding hydrogens is 715 g/mol. The largest absolute Gasteiger partial charge is 0.436 e. The second kappa shape index (κ2) is 14.6. The maximum atomic E-state index is 6.65. The Morgan fingerprint density at radius 3 is 1.14 bits per heavy atom. The Morgan fingerprint density at radius 2 is 0.644 bits per heavy atom. The Bertz CT molecular complexity index is 3120. The average molecular weight is 752 g/mol. The number of nitrogens with zero attached hydrogens (tertiary/aromatic N) is 1. The van der Waals surface area contributed by atoms with Gasteiger partial charge in [0.25, 0.3) is 0 Å². The first kappa shape index (κ1) is 34.4. The van der Waals surface area contributed by atoms with Crippen LogP contribution in [0.2, 0.25) is 0 Å². The summed E-state index contributed by atoms with van der Waals surface area (Å²) in [5.41, 5.74) is 16.5.